The SMILES string of the molecule is CCc1nn(CC)c(COc2ccccc2C)c1Cl. The third-order valence-corrected chi connectivity index (χ3v) is 3.59. The molecule has 0 spiro atoms. The summed E-state index contributed by atoms with van der Waals surface area (Å²) in [4.78, 5) is 0. The molecule has 102 valence electrons. The lowest BCUT2D eigenvalue weighted by Crippen LogP contribution is -2.07. The summed E-state index contributed by atoms with van der Waals surface area (Å²) in [6.07, 6.45) is 0.837. The van der Waals surface area contributed by atoms with Crippen LogP contribution in [0, 0.1) is 6.92 Å². The van der Waals surface area contributed by atoms with Gasteiger partial charge in [0.05, 0.1) is 16.4 Å². The fraction of sp³-hybridized carbons (Fsp3) is 0.400. The number of benzene rings is 1. The van der Waals surface area contributed by atoms with Crippen molar-refractivity contribution >= 4 is 11.6 Å². The molecule has 0 amide bonds. The number of ether oxygens (including phenoxy) is 1. The third kappa shape index (κ3) is 2.92. The molecule has 19 heavy (non-hydrogen) atoms. The van der Waals surface area contributed by atoms with Crippen molar-refractivity contribution in [1.82, 2.24) is 9.78 Å². The molecule has 0 saturated carbocycles. The first-order valence-corrected chi connectivity index (χ1v) is 6.97. The molecule has 0 radical (unpaired) electrons. The highest BCUT2D eigenvalue weighted by molar-refractivity contribution is 6.31. The van der Waals surface area contributed by atoms with Gasteiger partial charge in [-0.3, -0.25) is 4.68 Å². The summed E-state index contributed by atoms with van der Waals surface area (Å²) in [5, 5.41) is 5.22. The van der Waals surface area contributed by atoms with E-state index < -0.39 is 0 Å². The van der Waals surface area contributed by atoms with E-state index in [0.29, 0.717) is 6.61 Å². The molecule has 0 N–H and O–H groups in total. The van der Waals surface area contributed by atoms with E-state index in [9.17, 15) is 0 Å². The van der Waals surface area contributed by atoms with Crippen molar-refractivity contribution in [2.75, 3.05) is 0 Å². The molecule has 4 heteroatoms. The van der Waals surface area contributed by atoms with Gasteiger partial charge < -0.3 is 4.74 Å². The van der Waals surface area contributed by atoms with E-state index in [1.807, 2.05) is 35.9 Å². The Morgan fingerprint density at radius 2 is 2.00 bits per heavy atom. The Balaban J connectivity index is 2.20. The molecule has 0 aliphatic heterocycles. The van der Waals surface area contributed by atoms with Crippen LogP contribution in [-0.2, 0) is 19.6 Å². The van der Waals surface area contributed by atoms with E-state index in [1.54, 1.807) is 0 Å². The van der Waals surface area contributed by atoms with Gasteiger partial charge >= 0.3 is 0 Å². The normalized spacial score (nSPS) is 10.7. The topological polar surface area (TPSA) is 27.1 Å². The molecule has 0 bridgehead atoms. The lowest BCUT2D eigenvalue weighted by Gasteiger charge is -2.10. The summed E-state index contributed by atoms with van der Waals surface area (Å²) >= 11 is 6.35. The second kappa shape index (κ2) is 6.11. The lowest BCUT2D eigenvalue weighted by atomic mass is 10.2. The second-order valence-corrected chi connectivity index (χ2v) is 4.81. The van der Waals surface area contributed by atoms with Crippen LogP contribution in [-0.4, -0.2) is 9.78 Å². The average molecular weight is 279 g/mol. The van der Waals surface area contributed by atoms with E-state index >= 15 is 0 Å². The first kappa shape index (κ1) is 13.9. The van der Waals surface area contributed by atoms with Gasteiger partial charge in [-0.2, -0.15) is 5.10 Å². The molecule has 1 heterocycles. The Bertz CT molecular complexity index is 563. The zero-order chi connectivity index (χ0) is 13.8. The molecule has 0 unspecified atom stereocenters. The molecule has 0 aliphatic rings. The quantitative estimate of drug-likeness (QED) is 0.826. The number of rotatable bonds is 5. The molecule has 0 saturated heterocycles. The molecule has 0 aliphatic carbocycles. The minimum atomic E-state index is 0.449. The van der Waals surface area contributed by atoms with Crippen LogP contribution >= 0.6 is 11.6 Å². The fourth-order valence-electron chi connectivity index (χ4n) is 2.02. The van der Waals surface area contributed by atoms with Gasteiger partial charge in [-0.1, -0.05) is 36.7 Å². The molecule has 2 rings (SSSR count). The van der Waals surface area contributed by atoms with Crippen molar-refractivity contribution < 1.29 is 4.74 Å². The largest absolute Gasteiger partial charge is 0.487 e. The molecular formula is C15H19ClN2O. The van der Waals surface area contributed by atoms with Crippen molar-refractivity contribution in [3.05, 3.63) is 46.2 Å². The highest BCUT2D eigenvalue weighted by atomic mass is 35.5. The van der Waals surface area contributed by atoms with Gasteiger partial charge in [0.2, 0.25) is 0 Å². The summed E-state index contributed by atoms with van der Waals surface area (Å²) < 4.78 is 7.77. The molecule has 1 aromatic heterocycles. The smallest absolute Gasteiger partial charge is 0.131 e. The van der Waals surface area contributed by atoms with Crippen LogP contribution < -0.4 is 4.74 Å². The van der Waals surface area contributed by atoms with E-state index in [2.05, 4.69) is 18.9 Å². The second-order valence-electron chi connectivity index (χ2n) is 4.43. The van der Waals surface area contributed by atoms with Crippen molar-refractivity contribution in [2.45, 2.75) is 40.3 Å². The molecule has 0 atom stereocenters. The van der Waals surface area contributed by atoms with Crippen LogP contribution in [0.4, 0.5) is 0 Å². The van der Waals surface area contributed by atoms with Crippen molar-refractivity contribution in [3.8, 4) is 5.75 Å². The van der Waals surface area contributed by atoms with Crippen molar-refractivity contribution in [3.63, 3.8) is 0 Å². The van der Waals surface area contributed by atoms with Gasteiger partial charge in [0.25, 0.3) is 0 Å². The van der Waals surface area contributed by atoms with Gasteiger partial charge in [0.1, 0.15) is 12.4 Å². The maximum absolute atomic E-state index is 6.35. The molecule has 0 fully saturated rings. The molecular weight excluding hydrogens is 260 g/mol. The summed E-state index contributed by atoms with van der Waals surface area (Å²) in [6.45, 7) is 7.39. The average Bonchev–Trinajstić information content (AvgIpc) is 2.74. The third-order valence-electron chi connectivity index (χ3n) is 3.15. The minimum Gasteiger partial charge on any atom is -0.487 e. The number of halogens is 1. The predicted octanol–water partition coefficient (Wildman–Crippen LogP) is 4.01. The Kier molecular flexibility index (Phi) is 4.48. The first-order valence-electron chi connectivity index (χ1n) is 6.59. The molecule has 3 nitrogen and oxygen atoms in total. The van der Waals surface area contributed by atoms with Crippen LogP contribution in [0.3, 0.4) is 0 Å². The zero-order valence-corrected chi connectivity index (χ0v) is 12.4. The van der Waals surface area contributed by atoms with Crippen LogP contribution in [0.5, 0.6) is 5.75 Å². The Labute approximate surface area is 119 Å². The van der Waals surface area contributed by atoms with Crippen LogP contribution in [0.15, 0.2) is 24.3 Å². The van der Waals surface area contributed by atoms with Crippen molar-refractivity contribution in [2.24, 2.45) is 0 Å². The summed E-state index contributed by atoms with van der Waals surface area (Å²) in [6, 6.07) is 7.97. The van der Waals surface area contributed by atoms with Gasteiger partial charge in [-0.25, -0.2) is 0 Å². The number of hydrogen-bond donors (Lipinski definition) is 0. The maximum Gasteiger partial charge on any atom is 0.131 e. The number of aryl methyl sites for hydroxylation is 3. The van der Waals surface area contributed by atoms with E-state index in [-0.39, 0.29) is 0 Å². The standard InChI is InChI=1S/C15H19ClN2O/c1-4-12-15(16)13(18(5-2)17-12)10-19-14-9-7-6-8-11(14)3/h6-9H,4-5,10H2,1-3H3. The van der Waals surface area contributed by atoms with Gasteiger partial charge in [-0.15, -0.1) is 0 Å². The number of para-hydroxylation sites is 1. The van der Waals surface area contributed by atoms with Crippen LogP contribution in [0.1, 0.15) is 30.8 Å². The fourth-order valence-corrected chi connectivity index (χ4v) is 2.34. The number of nitrogens with zero attached hydrogens (tertiary/aromatic N) is 2. The van der Waals surface area contributed by atoms with Crippen molar-refractivity contribution in [1.29, 1.82) is 0 Å². The lowest BCUT2D eigenvalue weighted by molar-refractivity contribution is 0.290. The van der Waals surface area contributed by atoms with Crippen LogP contribution in [0.2, 0.25) is 5.02 Å². The molecule has 2 aromatic rings. The van der Waals surface area contributed by atoms with Crippen LogP contribution in [0.25, 0.3) is 0 Å². The number of aromatic nitrogens is 2. The van der Waals surface area contributed by atoms with Gasteiger partial charge in [0, 0.05) is 6.54 Å². The maximum atomic E-state index is 6.35. The number of hydrogen-bond acceptors (Lipinski definition) is 2. The minimum absolute atomic E-state index is 0.449. The molecule has 1 aromatic carbocycles. The van der Waals surface area contributed by atoms with E-state index in [0.717, 1.165) is 40.7 Å². The predicted molar refractivity (Wildman–Crippen MR) is 77.8 cm³/mol. The van der Waals surface area contributed by atoms with E-state index in [1.165, 1.54) is 0 Å². The zero-order valence-electron chi connectivity index (χ0n) is 11.6. The summed E-state index contributed by atoms with van der Waals surface area (Å²) in [7, 11) is 0. The Morgan fingerprint density at radius 3 is 2.63 bits per heavy atom. The van der Waals surface area contributed by atoms with Gasteiger partial charge in [0.15, 0.2) is 0 Å². The highest BCUT2D eigenvalue weighted by Gasteiger charge is 2.14. The van der Waals surface area contributed by atoms with E-state index in [4.69, 9.17) is 16.3 Å². The van der Waals surface area contributed by atoms with Gasteiger partial charge in [-0.05, 0) is 31.9 Å². The first-order chi connectivity index (χ1) is 9.17. The highest BCUT2D eigenvalue weighted by Crippen LogP contribution is 2.24. The summed E-state index contributed by atoms with van der Waals surface area (Å²) in [5.41, 5.74) is 3.01. The Hall–Kier alpha value is -1.48. The monoisotopic (exact) mass is 278 g/mol. The Morgan fingerprint density at radius 1 is 1.26 bits per heavy atom. The summed E-state index contributed by atoms with van der Waals surface area (Å²) in [5.74, 6) is 0.889.